The average Bonchev–Trinajstić information content (AvgIpc) is 3.56. The van der Waals surface area contributed by atoms with Crippen molar-refractivity contribution in [1.29, 1.82) is 0 Å². The number of anilines is 2. The lowest BCUT2D eigenvalue weighted by atomic mass is 10.1. The van der Waals surface area contributed by atoms with E-state index in [9.17, 15) is 23.1 Å². The summed E-state index contributed by atoms with van der Waals surface area (Å²) in [6.07, 6.45) is 3.65. The molecule has 7 N–H and O–H groups in total. The molecule has 0 aliphatic rings. The maximum absolute atomic E-state index is 13.0. The molecule has 0 saturated heterocycles. The molecule has 0 radical (unpaired) electrons. The largest absolute Gasteiger partial charge is 0.507 e. The van der Waals surface area contributed by atoms with E-state index in [0.29, 0.717) is 76.6 Å². The van der Waals surface area contributed by atoms with Gasteiger partial charge in [-0.1, -0.05) is 60.1 Å². The van der Waals surface area contributed by atoms with E-state index in [4.69, 9.17) is 22.1 Å². The summed E-state index contributed by atoms with van der Waals surface area (Å²) in [7, 11) is -3.86. The van der Waals surface area contributed by atoms with Crippen LogP contribution >= 0.6 is 11.6 Å². The van der Waals surface area contributed by atoms with Gasteiger partial charge in [0.15, 0.2) is 11.6 Å². The van der Waals surface area contributed by atoms with Crippen molar-refractivity contribution >= 4 is 55.8 Å². The Labute approximate surface area is 317 Å². The fourth-order valence-electron chi connectivity index (χ4n) is 5.62. The lowest BCUT2D eigenvalue weighted by Crippen LogP contribution is -2.25. The molecule has 6 rings (SSSR count). The molecule has 2 amide bonds. The van der Waals surface area contributed by atoms with E-state index < -0.39 is 10.0 Å². The molecule has 54 heavy (non-hydrogen) atoms. The van der Waals surface area contributed by atoms with Crippen molar-refractivity contribution in [3.63, 3.8) is 0 Å². The minimum atomic E-state index is -3.86. The van der Waals surface area contributed by atoms with Crippen LogP contribution in [0.25, 0.3) is 22.2 Å². The Morgan fingerprint density at radius 3 is 2.43 bits per heavy atom. The molecule has 278 valence electrons. The number of rotatable bonds is 16. The highest BCUT2D eigenvalue weighted by atomic mass is 35.5. The first-order chi connectivity index (χ1) is 26.1. The monoisotopic (exact) mass is 767 g/mol. The number of carbonyl (C=O) groups is 2. The number of hydrogen-bond acceptors (Lipinski definition) is 9. The summed E-state index contributed by atoms with van der Waals surface area (Å²) in [5.41, 5.74) is 10.1. The van der Waals surface area contributed by atoms with Crippen LogP contribution in [0.4, 0.5) is 11.5 Å². The molecule has 4 aromatic carbocycles. The van der Waals surface area contributed by atoms with Crippen molar-refractivity contribution in [2.24, 2.45) is 0 Å². The quantitative estimate of drug-likeness (QED) is 0.0620. The van der Waals surface area contributed by atoms with Crippen molar-refractivity contribution in [2.45, 2.75) is 37.1 Å². The van der Waals surface area contributed by atoms with Crippen LogP contribution in [0.1, 0.15) is 40.7 Å². The van der Waals surface area contributed by atoms with Gasteiger partial charge < -0.3 is 31.2 Å². The number of carbonyl (C=O) groups excluding carboxylic acids is 2. The van der Waals surface area contributed by atoms with Gasteiger partial charge in [0.1, 0.15) is 11.4 Å². The number of nitrogen functional groups attached to an aromatic ring is 1. The lowest BCUT2D eigenvalue weighted by molar-refractivity contribution is -0.121. The van der Waals surface area contributed by atoms with Gasteiger partial charge in [-0.05, 0) is 66.4 Å². The second kappa shape index (κ2) is 17.1. The normalized spacial score (nSPS) is 11.3. The highest BCUT2D eigenvalue weighted by molar-refractivity contribution is 7.92. The van der Waals surface area contributed by atoms with E-state index >= 15 is 0 Å². The summed E-state index contributed by atoms with van der Waals surface area (Å²) in [4.78, 5) is 28.1. The van der Waals surface area contributed by atoms with Crippen molar-refractivity contribution in [3.05, 3.63) is 125 Å². The summed E-state index contributed by atoms with van der Waals surface area (Å²) in [5.74, 6) is 0.230. The number of benzene rings is 4. The van der Waals surface area contributed by atoms with E-state index in [1.54, 1.807) is 79.0 Å². The van der Waals surface area contributed by atoms with E-state index in [2.05, 4.69) is 30.5 Å². The number of nitrogens with one attached hydrogen (secondary N) is 4. The van der Waals surface area contributed by atoms with Gasteiger partial charge in [0.05, 0.1) is 27.7 Å². The zero-order valence-corrected chi connectivity index (χ0v) is 30.6. The number of aromatic nitrogens is 3. The summed E-state index contributed by atoms with van der Waals surface area (Å²) in [5, 5.41) is 25.1. The number of unbranched alkanes of at least 4 members (excludes halogenated alkanes) is 1. The van der Waals surface area contributed by atoms with Gasteiger partial charge in [-0.2, -0.15) is 0 Å². The molecule has 0 unspecified atom stereocenters. The number of amides is 2. The predicted octanol–water partition coefficient (Wildman–Crippen LogP) is 6.20. The third-order valence-electron chi connectivity index (χ3n) is 8.58. The highest BCUT2D eigenvalue weighted by Gasteiger charge is 2.17. The number of hydrogen-bond donors (Lipinski definition) is 6. The number of nitrogens with zero attached hydrogens (tertiary/aromatic N) is 2. The molecule has 6 aromatic rings. The smallest absolute Gasteiger partial charge is 0.261 e. The SMILES string of the molecule is Nc1nnc(-c2ccccc2O)cc1OCCc1ccc(C(=O)NCCCCC(=O)NCc2ccc(S(=O)(=O)Nc3cccc4c(Cl)c[nH]c34)cc2)cc1. The number of aromatic hydroxyl groups is 1. The molecule has 2 heterocycles. The molecule has 0 aliphatic carbocycles. The van der Waals surface area contributed by atoms with E-state index in [0.717, 1.165) is 11.1 Å². The molecule has 0 fully saturated rings. The third-order valence-corrected chi connectivity index (χ3v) is 10.3. The molecule has 0 spiro atoms. The zero-order valence-electron chi connectivity index (χ0n) is 29.0. The summed E-state index contributed by atoms with van der Waals surface area (Å²) < 4.78 is 34.5. The summed E-state index contributed by atoms with van der Waals surface area (Å²) >= 11 is 6.16. The Morgan fingerprint density at radius 1 is 0.889 bits per heavy atom. The zero-order chi connectivity index (χ0) is 38.1. The number of ether oxygens (including phenoxy) is 1. The first kappa shape index (κ1) is 37.6. The molecular formula is C39H38ClN7O6S. The average molecular weight is 768 g/mol. The van der Waals surface area contributed by atoms with Crippen LogP contribution in [-0.2, 0) is 27.8 Å². The minimum Gasteiger partial charge on any atom is -0.507 e. The lowest BCUT2D eigenvalue weighted by Gasteiger charge is -2.11. The Bertz CT molecular complexity index is 2370. The standard InChI is InChI=1S/C39H38ClN7O6S/c40-31-24-44-37-29(31)7-5-8-32(37)47-54(51,52)28-17-13-26(14-18-28)23-43-36(49)10-3-4-20-42-39(50)27-15-11-25(12-16-27)19-21-53-35-22-33(45-46-38(35)41)30-6-1-2-9-34(30)48/h1-2,5-9,11-18,22,24,44,47-48H,3-4,10,19-21,23H2,(H2,41,46)(H,42,50)(H,43,49). The molecule has 2 aromatic heterocycles. The van der Waals surface area contributed by atoms with Crippen LogP contribution in [0.3, 0.4) is 0 Å². The first-order valence-electron chi connectivity index (χ1n) is 17.1. The van der Waals surface area contributed by atoms with Crippen LogP contribution in [0.15, 0.2) is 108 Å². The number of sulfonamides is 1. The predicted molar refractivity (Wildman–Crippen MR) is 208 cm³/mol. The number of halogens is 1. The topological polar surface area (TPSA) is 201 Å². The molecule has 0 atom stereocenters. The fraction of sp³-hybridized carbons (Fsp3) is 0.179. The van der Waals surface area contributed by atoms with Gasteiger partial charge in [0.2, 0.25) is 5.91 Å². The molecule has 0 saturated carbocycles. The number of nitrogens with two attached hydrogens (primary N) is 1. The third kappa shape index (κ3) is 9.45. The van der Waals surface area contributed by atoms with Crippen LogP contribution in [0.5, 0.6) is 11.5 Å². The van der Waals surface area contributed by atoms with E-state index in [-0.39, 0.29) is 41.2 Å². The maximum atomic E-state index is 13.0. The van der Waals surface area contributed by atoms with Crippen molar-refractivity contribution in [1.82, 2.24) is 25.8 Å². The van der Waals surface area contributed by atoms with Crippen LogP contribution < -0.4 is 25.8 Å². The van der Waals surface area contributed by atoms with Gasteiger partial charge in [0.25, 0.3) is 15.9 Å². The number of para-hydroxylation sites is 2. The maximum Gasteiger partial charge on any atom is 0.261 e. The Morgan fingerprint density at radius 2 is 1.65 bits per heavy atom. The number of fused-ring (bicyclic) bond motifs is 1. The number of phenolic OH excluding ortho intramolecular Hbond substituents is 1. The van der Waals surface area contributed by atoms with Crippen molar-refractivity contribution in [2.75, 3.05) is 23.6 Å². The second-order valence-corrected chi connectivity index (χ2v) is 14.5. The highest BCUT2D eigenvalue weighted by Crippen LogP contribution is 2.31. The van der Waals surface area contributed by atoms with E-state index in [1.165, 1.54) is 12.1 Å². The van der Waals surface area contributed by atoms with Gasteiger partial charge in [-0.3, -0.25) is 14.3 Å². The minimum absolute atomic E-state index is 0.0770. The molecular weight excluding hydrogens is 730 g/mol. The van der Waals surface area contributed by atoms with Crippen LogP contribution in [0, 0.1) is 0 Å². The first-order valence-corrected chi connectivity index (χ1v) is 19.0. The summed E-state index contributed by atoms with van der Waals surface area (Å²) in [6, 6.07) is 27.1. The van der Waals surface area contributed by atoms with Gasteiger partial charge in [-0.15, -0.1) is 10.2 Å². The van der Waals surface area contributed by atoms with Crippen LogP contribution in [0.2, 0.25) is 5.02 Å². The van der Waals surface area contributed by atoms with Gasteiger partial charge >= 0.3 is 0 Å². The van der Waals surface area contributed by atoms with Gasteiger partial charge in [0, 0.05) is 54.7 Å². The summed E-state index contributed by atoms with van der Waals surface area (Å²) in [6.45, 7) is 0.982. The number of phenols is 1. The van der Waals surface area contributed by atoms with Crippen LogP contribution in [-0.4, -0.2) is 53.7 Å². The molecule has 0 bridgehead atoms. The second-order valence-electron chi connectivity index (χ2n) is 12.4. The number of aromatic amines is 1. The molecule has 15 heteroatoms. The Balaban J connectivity index is 0.870. The van der Waals surface area contributed by atoms with Crippen molar-refractivity contribution in [3.8, 4) is 22.8 Å². The molecule has 13 nitrogen and oxygen atoms in total. The van der Waals surface area contributed by atoms with E-state index in [1.807, 2.05) is 12.1 Å². The number of H-pyrrole nitrogens is 1. The Kier molecular flexibility index (Phi) is 11.9. The molecule has 0 aliphatic heterocycles. The van der Waals surface area contributed by atoms with Crippen molar-refractivity contribution < 1.29 is 27.9 Å². The van der Waals surface area contributed by atoms with Gasteiger partial charge in [-0.25, -0.2) is 8.42 Å². The fourth-order valence-corrected chi connectivity index (χ4v) is 6.91. The Hall–Kier alpha value is -6.12.